The Morgan fingerprint density at radius 1 is 1.45 bits per heavy atom. The monoisotopic (exact) mass is 320 g/mol. The molecule has 1 heterocycles. The molecule has 6 nitrogen and oxygen atoms in total. The molecule has 8 heteroatoms. The van der Waals surface area contributed by atoms with Crippen molar-refractivity contribution in [2.45, 2.75) is 38.8 Å². The van der Waals surface area contributed by atoms with E-state index in [9.17, 15) is 4.79 Å². The molecule has 0 spiro atoms. The lowest BCUT2D eigenvalue weighted by molar-refractivity contribution is 0.0506. The van der Waals surface area contributed by atoms with Crippen LogP contribution in [0, 0.1) is 0 Å². The van der Waals surface area contributed by atoms with Crippen molar-refractivity contribution >= 4 is 29.3 Å². The molecular formula is C12H18Cl2N4O2. The number of alkyl carbamates (subject to hydrolysis) is 1. The lowest BCUT2D eigenvalue weighted by Gasteiger charge is -2.23. The van der Waals surface area contributed by atoms with Crippen LogP contribution in [0.1, 0.15) is 26.3 Å². The minimum Gasteiger partial charge on any atom is -0.444 e. The lowest BCUT2D eigenvalue weighted by Crippen LogP contribution is -2.44. The van der Waals surface area contributed by atoms with E-state index >= 15 is 0 Å². The average molecular weight is 321 g/mol. The van der Waals surface area contributed by atoms with E-state index in [2.05, 4.69) is 15.5 Å². The molecule has 0 radical (unpaired) electrons. The molecule has 1 rings (SSSR count). The standard InChI is InChI=1S/C12H18Cl2N4O2/c1-12(2,3)20-11(19)16-8(6-15)4-7-5-9(13)17-18-10(7)14/h5,8H,4,6,15H2,1-3H3,(H,16,19). The van der Waals surface area contributed by atoms with E-state index in [0.717, 1.165) is 0 Å². The predicted molar refractivity (Wildman–Crippen MR) is 78.0 cm³/mol. The number of nitrogens with zero attached hydrogens (tertiary/aromatic N) is 2. The third-order valence-electron chi connectivity index (χ3n) is 2.26. The molecule has 0 aliphatic heterocycles. The fraction of sp³-hybridized carbons (Fsp3) is 0.583. The highest BCUT2D eigenvalue weighted by molar-refractivity contribution is 6.31. The van der Waals surface area contributed by atoms with Crippen molar-refractivity contribution in [2.24, 2.45) is 5.73 Å². The highest BCUT2D eigenvalue weighted by atomic mass is 35.5. The van der Waals surface area contributed by atoms with Crippen LogP contribution in [-0.4, -0.2) is 34.5 Å². The van der Waals surface area contributed by atoms with Crippen LogP contribution in [0.15, 0.2) is 6.07 Å². The molecule has 0 saturated carbocycles. The van der Waals surface area contributed by atoms with Crippen LogP contribution < -0.4 is 11.1 Å². The fourth-order valence-corrected chi connectivity index (χ4v) is 1.80. The van der Waals surface area contributed by atoms with Gasteiger partial charge in [0.1, 0.15) is 5.60 Å². The summed E-state index contributed by atoms with van der Waals surface area (Å²) in [6.07, 6.45) is -0.138. The Morgan fingerprint density at radius 2 is 2.10 bits per heavy atom. The van der Waals surface area contributed by atoms with Crippen LogP contribution in [0.25, 0.3) is 0 Å². The summed E-state index contributed by atoms with van der Waals surface area (Å²) in [6.45, 7) is 5.59. The second kappa shape index (κ2) is 7.06. The van der Waals surface area contributed by atoms with Crippen molar-refractivity contribution in [3.8, 4) is 0 Å². The normalized spacial score (nSPS) is 12.9. The number of carbonyl (C=O) groups is 1. The van der Waals surface area contributed by atoms with Crippen LogP contribution in [0.2, 0.25) is 10.3 Å². The summed E-state index contributed by atoms with van der Waals surface area (Å²) in [7, 11) is 0. The third-order valence-corrected chi connectivity index (χ3v) is 2.77. The molecule has 1 aromatic rings. The second-order valence-electron chi connectivity index (χ2n) is 5.27. The van der Waals surface area contributed by atoms with E-state index in [1.165, 1.54) is 0 Å². The van der Waals surface area contributed by atoms with Gasteiger partial charge in [-0.3, -0.25) is 0 Å². The van der Waals surface area contributed by atoms with Gasteiger partial charge < -0.3 is 15.8 Å². The van der Waals surface area contributed by atoms with Gasteiger partial charge in [0.25, 0.3) is 0 Å². The van der Waals surface area contributed by atoms with Crippen molar-refractivity contribution in [3.63, 3.8) is 0 Å². The Labute approximate surface area is 128 Å². The topological polar surface area (TPSA) is 90.1 Å². The number of carbonyl (C=O) groups excluding carboxylic acids is 1. The molecule has 112 valence electrons. The molecule has 3 N–H and O–H groups in total. The molecule has 1 aromatic heterocycles. The average Bonchev–Trinajstić information content (AvgIpc) is 2.30. The summed E-state index contributed by atoms with van der Waals surface area (Å²) in [6, 6.07) is 1.26. The zero-order valence-corrected chi connectivity index (χ0v) is 13.1. The Hall–Kier alpha value is -1.11. The summed E-state index contributed by atoms with van der Waals surface area (Å²) in [5, 5.41) is 10.5. The van der Waals surface area contributed by atoms with Gasteiger partial charge in [-0.15, -0.1) is 10.2 Å². The minimum atomic E-state index is -0.567. The summed E-state index contributed by atoms with van der Waals surface area (Å²) >= 11 is 11.7. The van der Waals surface area contributed by atoms with Gasteiger partial charge in [0.2, 0.25) is 0 Å². The Kier molecular flexibility index (Phi) is 5.98. The van der Waals surface area contributed by atoms with Gasteiger partial charge in [-0.2, -0.15) is 0 Å². The number of ether oxygens (including phenoxy) is 1. The molecule has 0 fully saturated rings. The number of aromatic nitrogens is 2. The summed E-state index contributed by atoms with van der Waals surface area (Å²) in [5.41, 5.74) is 5.74. The zero-order chi connectivity index (χ0) is 15.3. The smallest absolute Gasteiger partial charge is 0.407 e. The second-order valence-corrected chi connectivity index (χ2v) is 6.01. The number of nitrogens with one attached hydrogen (secondary N) is 1. The van der Waals surface area contributed by atoms with E-state index in [1.54, 1.807) is 26.8 Å². The van der Waals surface area contributed by atoms with E-state index in [0.29, 0.717) is 12.0 Å². The van der Waals surface area contributed by atoms with Crippen LogP contribution in [0.3, 0.4) is 0 Å². The molecule has 1 amide bonds. The van der Waals surface area contributed by atoms with Gasteiger partial charge in [-0.05, 0) is 38.8 Å². The zero-order valence-electron chi connectivity index (χ0n) is 11.6. The summed E-state index contributed by atoms with van der Waals surface area (Å²) in [4.78, 5) is 11.7. The summed E-state index contributed by atoms with van der Waals surface area (Å²) in [5.74, 6) is 0. The molecule has 0 bridgehead atoms. The quantitative estimate of drug-likeness (QED) is 0.887. The van der Waals surface area contributed by atoms with Gasteiger partial charge in [0.05, 0.1) is 0 Å². The number of amides is 1. The number of halogens is 2. The van der Waals surface area contributed by atoms with E-state index < -0.39 is 11.7 Å². The van der Waals surface area contributed by atoms with Crippen molar-refractivity contribution in [2.75, 3.05) is 6.54 Å². The van der Waals surface area contributed by atoms with Crippen molar-refractivity contribution in [1.82, 2.24) is 15.5 Å². The number of nitrogens with two attached hydrogens (primary N) is 1. The predicted octanol–water partition coefficient (Wildman–Crippen LogP) is 2.18. The first-order valence-corrected chi connectivity index (χ1v) is 6.84. The molecule has 20 heavy (non-hydrogen) atoms. The van der Waals surface area contributed by atoms with Crippen LogP contribution in [-0.2, 0) is 11.2 Å². The van der Waals surface area contributed by atoms with Crippen molar-refractivity contribution < 1.29 is 9.53 Å². The molecule has 0 saturated heterocycles. The third kappa shape index (κ3) is 5.90. The molecule has 1 atom stereocenters. The maximum atomic E-state index is 11.7. The highest BCUT2D eigenvalue weighted by Crippen LogP contribution is 2.17. The molecule has 0 aliphatic carbocycles. The summed E-state index contributed by atoms with van der Waals surface area (Å²) < 4.78 is 5.17. The van der Waals surface area contributed by atoms with Gasteiger partial charge in [-0.25, -0.2) is 4.79 Å². The fourth-order valence-electron chi connectivity index (χ4n) is 1.46. The number of hydrogen-bond donors (Lipinski definition) is 2. The first-order chi connectivity index (χ1) is 9.21. The highest BCUT2D eigenvalue weighted by Gasteiger charge is 2.20. The largest absolute Gasteiger partial charge is 0.444 e. The van der Waals surface area contributed by atoms with Gasteiger partial charge in [-0.1, -0.05) is 23.2 Å². The van der Waals surface area contributed by atoms with Crippen LogP contribution in [0.5, 0.6) is 0 Å². The first kappa shape index (κ1) is 16.9. The lowest BCUT2D eigenvalue weighted by atomic mass is 10.1. The Morgan fingerprint density at radius 3 is 2.65 bits per heavy atom. The van der Waals surface area contributed by atoms with Crippen LogP contribution in [0.4, 0.5) is 4.79 Å². The maximum absolute atomic E-state index is 11.7. The van der Waals surface area contributed by atoms with Gasteiger partial charge in [0, 0.05) is 12.6 Å². The molecule has 0 aromatic carbocycles. The molecule has 1 unspecified atom stereocenters. The van der Waals surface area contributed by atoms with E-state index in [4.69, 9.17) is 33.7 Å². The Balaban J connectivity index is 2.68. The SMILES string of the molecule is CC(C)(C)OC(=O)NC(CN)Cc1cc(Cl)nnc1Cl. The van der Waals surface area contributed by atoms with E-state index in [1.807, 2.05) is 0 Å². The van der Waals surface area contributed by atoms with Crippen molar-refractivity contribution in [1.29, 1.82) is 0 Å². The van der Waals surface area contributed by atoms with E-state index in [-0.39, 0.29) is 22.9 Å². The van der Waals surface area contributed by atoms with Gasteiger partial charge >= 0.3 is 6.09 Å². The number of rotatable bonds is 4. The Bertz CT molecular complexity index is 477. The van der Waals surface area contributed by atoms with Crippen molar-refractivity contribution in [3.05, 3.63) is 21.9 Å². The molecule has 0 aliphatic rings. The molecular weight excluding hydrogens is 303 g/mol. The number of hydrogen-bond acceptors (Lipinski definition) is 5. The van der Waals surface area contributed by atoms with Crippen LogP contribution >= 0.6 is 23.2 Å². The minimum absolute atomic E-state index is 0.232. The van der Waals surface area contributed by atoms with Gasteiger partial charge in [0.15, 0.2) is 10.3 Å². The first-order valence-electron chi connectivity index (χ1n) is 6.08. The maximum Gasteiger partial charge on any atom is 0.407 e.